The molecule has 126 valence electrons. The number of ether oxygens (including phenoxy) is 1. The molecule has 0 N–H and O–H groups in total. The molecule has 1 aliphatic rings. The summed E-state index contributed by atoms with van der Waals surface area (Å²) in [5.74, 6) is 0.855. The minimum absolute atomic E-state index is 0.802. The van der Waals surface area contributed by atoms with Gasteiger partial charge < -0.3 is 9.64 Å². The maximum absolute atomic E-state index is 5.46. The number of pyridine rings is 1. The first-order valence-electron chi connectivity index (χ1n) is 8.80. The number of aromatic nitrogens is 2. The van der Waals surface area contributed by atoms with Crippen LogP contribution in [0.5, 0.6) is 5.75 Å². The molecule has 0 amide bonds. The summed E-state index contributed by atoms with van der Waals surface area (Å²) >= 11 is 0. The highest BCUT2D eigenvalue weighted by Crippen LogP contribution is 2.32. The van der Waals surface area contributed by atoms with Gasteiger partial charge in [-0.3, -0.25) is 9.39 Å². The van der Waals surface area contributed by atoms with E-state index >= 15 is 0 Å². The highest BCUT2D eigenvalue weighted by atomic mass is 16.5. The molecule has 0 aliphatic carbocycles. The molecule has 5 heteroatoms. The lowest BCUT2D eigenvalue weighted by Gasteiger charge is -2.23. The van der Waals surface area contributed by atoms with Gasteiger partial charge in [-0.05, 0) is 36.8 Å². The standard InChI is InChI=1S/C20H20N4O/c1-3-9-23-10-8-21-19-14-11-13(25-2)4-6-16(14)24-12-22-15-5-7-17(23)18(19)20(15)24/h4-7,11-12H,3,8-10H2,1-2H3. The van der Waals surface area contributed by atoms with E-state index in [-0.39, 0.29) is 0 Å². The van der Waals surface area contributed by atoms with E-state index in [2.05, 4.69) is 45.5 Å². The topological polar surface area (TPSA) is 42.1 Å². The first kappa shape index (κ1) is 14.5. The van der Waals surface area contributed by atoms with Crippen LogP contribution in [0.2, 0.25) is 0 Å². The smallest absolute Gasteiger partial charge is 0.119 e. The van der Waals surface area contributed by atoms with Crippen molar-refractivity contribution in [2.24, 2.45) is 4.99 Å². The van der Waals surface area contributed by atoms with Gasteiger partial charge >= 0.3 is 0 Å². The van der Waals surface area contributed by atoms with Crippen molar-refractivity contribution >= 4 is 33.0 Å². The maximum atomic E-state index is 5.46. The molecule has 0 saturated carbocycles. The van der Waals surface area contributed by atoms with Gasteiger partial charge in [0.15, 0.2) is 0 Å². The van der Waals surface area contributed by atoms with Gasteiger partial charge in [-0.1, -0.05) is 6.92 Å². The summed E-state index contributed by atoms with van der Waals surface area (Å²) < 4.78 is 7.66. The molecule has 1 aliphatic heterocycles. The van der Waals surface area contributed by atoms with Crippen molar-refractivity contribution in [2.75, 3.05) is 31.6 Å². The first-order chi connectivity index (χ1) is 12.3. The number of fused-ring (bicyclic) bond motifs is 3. The van der Waals surface area contributed by atoms with Crippen LogP contribution in [0.3, 0.4) is 0 Å². The van der Waals surface area contributed by atoms with Gasteiger partial charge in [0.05, 0.1) is 40.9 Å². The van der Waals surface area contributed by atoms with E-state index in [1.807, 2.05) is 12.4 Å². The molecule has 2 aromatic carbocycles. The normalized spacial score (nSPS) is 14.2. The van der Waals surface area contributed by atoms with E-state index in [1.54, 1.807) is 7.11 Å². The van der Waals surface area contributed by atoms with Crippen LogP contribution in [0.25, 0.3) is 27.3 Å². The summed E-state index contributed by atoms with van der Waals surface area (Å²) in [5, 5.41) is 3.40. The van der Waals surface area contributed by atoms with Crippen LogP contribution in [0.1, 0.15) is 13.3 Å². The van der Waals surface area contributed by atoms with Crippen molar-refractivity contribution in [3.63, 3.8) is 0 Å². The summed E-state index contributed by atoms with van der Waals surface area (Å²) in [4.78, 5) is 12.1. The second kappa shape index (κ2) is 5.34. The molecular weight excluding hydrogens is 312 g/mol. The molecule has 5 rings (SSSR count). The Kier molecular flexibility index (Phi) is 3.10. The quantitative estimate of drug-likeness (QED) is 0.541. The van der Waals surface area contributed by atoms with Gasteiger partial charge in [-0.2, -0.15) is 0 Å². The van der Waals surface area contributed by atoms with Crippen LogP contribution >= 0.6 is 0 Å². The SMILES string of the molecule is CCCN1CCN=c2c3cc(OC)ccc3n3cnc4ccc1c2c43. The number of hydrogen-bond acceptors (Lipinski definition) is 4. The Morgan fingerprint density at radius 2 is 2.12 bits per heavy atom. The Morgan fingerprint density at radius 1 is 1.20 bits per heavy atom. The van der Waals surface area contributed by atoms with Crippen LogP contribution in [-0.4, -0.2) is 36.1 Å². The highest BCUT2D eigenvalue weighted by Gasteiger charge is 2.20. The highest BCUT2D eigenvalue weighted by molar-refractivity contribution is 6.07. The third kappa shape index (κ3) is 1.95. The number of benzene rings is 2. The van der Waals surface area contributed by atoms with Crippen LogP contribution in [0.15, 0.2) is 41.7 Å². The zero-order valence-corrected chi connectivity index (χ0v) is 14.5. The zero-order chi connectivity index (χ0) is 17.0. The average Bonchev–Trinajstić information content (AvgIpc) is 2.99. The van der Waals surface area contributed by atoms with Gasteiger partial charge in [-0.25, -0.2) is 4.98 Å². The minimum Gasteiger partial charge on any atom is -0.497 e. The van der Waals surface area contributed by atoms with Crippen molar-refractivity contribution in [3.8, 4) is 5.75 Å². The Morgan fingerprint density at radius 3 is 2.96 bits per heavy atom. The van der Waals surface area contributed by atoms with E-state index in [4.69, 9.17) is 9.73 Å². The van der Waals surface area contributed by atoms with Crippen LogP contribution in [0.4, 0.5) is 5.69 Å². The number of imidazole rings is 1. The maximum Gasteiger partial charge on any atom is 0.119 e. The van der Waals surface area contributed by atoms with E-state index in [1.165, 1.54) is 11.1 Å². The molecule has 0 saturated heterocycles. The molecule has 0 atom stereocenters. The fraction of sp³-hybridized carbons (Fsp3) is 0.300. The van der Waals surface area contributed by atoms with Gasteiger partial charge in [0.1, 0.15) is 12.1 Å². The third-order valence-corrected chi connectivity index (χ3v) is 5.12. The number of methoxy groups -OCH3 is 1. The molecule has 2 aromatic heterocycles. The monoisotopic (exact) mass is 332 g/mol. The molecule has 4 aromatic rings. The fourth-order valence-corrected chi connectivity index (χ4v) is 4.02. The lowest BCUT2D eigenvalue weighted by Crippen LogP contribution is -2.26. The lowest BCUT2D eigenvalue weighted by molar-refractivity contribution is 0.415. The average molecular weight is 332 g/mol. The first-order valence-corrected chi connectivity index (χ1v) is 8.80. The molecule has 0 spiro atoms. The Labute approximate surface area is 145 Å². The van der Waals surface area contributed by atoms with Gasteiger partial charge in [-0.15, -0.1) is 0 Å². The number of nitrogens with zero attached hydrogens (tertiary/aromatic N) is 4. The van der Waals surface area contributed by atoms with Crippen molar-refractivity contribution in [1.29, 1.82) is 0 Å². The Balaban J connectivity index is 2.02. The van der Waals surface area contributed by atoms with E-state index in [9.17, 15) is 0 Å². The number of anilines is 1. The summed E-state index contributed by atoms with van der Waals surface area (Å²) in [6.07, 6.45) is 3.04. The molecule has 3 heterocycles. The molecular formula is C20H20N4O. The summed E-state index contributed by atoms with van der Waals surface area (Å²) in [6, 6.07) is 10.5. The molecule has 25 heavy (non-hydrogen) atoms. The van der Waals surface area contributed by atoms with Crippen molar-refractivity contribution in [2.45, 2.75) is 13.3 Å². The van der Waals surface area contributed by atoms with Crippen LogP contribution in [0, 0.1) is 0 Å². The largest absolute Gasteiger partial charge is 0.497 e. The summed E-state index contributed by atoms with van der Waals surface area (Å²) in [6.45, 7) is 5.02. The van der Waals surface area contributed by atoms with Crippen molar-refractivity contribution in [3.05, 3.63) is 42.0 Å². The van der Waals surface area contributed by atoms with Gasteiger partial charge in [0.25, 0.3) is 0 Å². The predicted octanol–water partition coefficient (Wildman–Crippen LogP) is 3.22. The minimum atomic E-state index is 0.802. The van der Waals surface area contributed by atoms with Gasteiger partial charge in [0.2, 0.25) is 0 Å². The molecule has 5 nitrogen and oxygen atoms in total. The third-order valence-electron chi connectivity index (χ3n) is 5.12. The van der Waals surface area contributed by atoms with E-state index < -0.39 is 0 Å². The van der Waals surface area contributed by atoms with Gasteiger partial charge in [0, 0.05) is 24.2 Å². The second-order valence-corrected chi connectivity index (χ2v) is 6.54. The second-order valence-electron chi connectivity index (χ2n) is 6.54. The summed E-state index contributed by atoms with van der Waals surface area (Å²) in [5.41, 5.74) is 4.57. The molecule has 0 fully saturated rings. The Bertz CT molecular complexity index is 1160. The summed E-state index contributed by atoms with van der Waals surface area (Å²) in [7, 11) is 1.71. The molecule has 0 radical (unpaired) electrons. The zero-order valence-electron chi connectivity index (χ0n) is 14.5. The van der Waals surface area contributed by atoms with E-state index in [0.29, 0.717) is 0 Å². The van der Waals surface area contributed by atoms with Crippen LogP contribution in [-0.2, 0) is 0 Å². The van der Waals surface area contributed by atoms with Crippen LogP contribution < -0.4 is 15.0 Å². The lowest BCUT2D eigenvalue weighted by atomic mass is 10.1. The van der Waals surface area contributed by atoms with Crippen molar-refractivity contribution < 1.29 is 4.74 Å². The predicted molar refractivity (Wildman–Crippen MR) is 101 cm³/mol. The molecule has 0 bridgehead atoms. The number of rotatable bonds is 3. The van der Waals surface area contributed by atoms with Crippen molar-refractivity contribution in [1.82, 2.24) is 9.38 Å². The molecule has 0 unspecified atom stereocenters. The fourth-order valence-electron chi connectivity index (χ4n) is 4.02. The number of hydrogen-bond donors (Lipinski definition) is 0. The van der Waals surface area contributed by atoms with E-state index in [0.717, 1.165) is 59.1 Å². The Hall–Kier alpha value is -2.82.